The number of hydrogen-bond acceptors (Lipinski definition) is 6. The van der Waals surface area contributed by atoms with Crippen LogP contribution in [0.25, 0.3) is 0 Å². The first-order chi connectivity index (χ1) is 9.97. The Kier molecular flexibility index (Phi) is 6.39. The van der Waals surface area contributed by atoms with Crippen molar-refractivity contribution in [2.75, 3.05) is 13.2 Å². The molecule has 0 radical (unpaired) electrons. The van der Waals surface area contributed by atoms with Gasteiger partial charge in [-0.1, -0.05) is 6.58 Å². The summed E-state index contributed by atoms with van der Waals surface area (Å²) in [6, 6.07) is 0. The molecule has 1 fully saturated rings. The number of nitrogens with zero attached hydrogens (tertiary/aromatic N) is 1. The number of ether oxygens (including phenoxy) is 1. The summed E-state index contributed by atoms with van der Waals surface area (Å²) in [5, 5.41) is 11.6. The molecule has 1 unspecified atom stereocenters. The van der Waals surface area contributed by atoms with Gasteiger partial charge < -0.3 is 14.5 Å². The highest BCUT2D eigenvalue weighted by molar-refractivity contribution is 7.40. The molecule has 1 saturated heterocycles. The second-order valence-corrected chi connectivity index (χ2v) is 8.87. The predicted octanol–water partition coefficient (Wildman–Crippen LogP) is 3.01. The van der Waals surface area contributed by atoms with Gasteiger partial charge >= 0.3 is 5.97 Å². The number of hydrogen-bond donors (Lipinski definition) is 1. The number of rotatable bonds is 6. The Morgan fingerprint density at radius 2 is 1.77 bits per heavy atom. The molecule has 0 amide bonds. The van der Waals surface area contributed by atoms with Crippen molar-refractivity contribution in [2.24, 2.45) is 0 Å². The average molecular weight is 333 g/mol. The van der Waals surface area contributed by atoms with E-state index in [0.29, 0.717) is 18.4 Å². The molecule has 0 aliphatic carbocycles. The van der Waals surface area contributed by atoms with Crippen molar-refractivity contribution in [1.82, 2.24) is 5.06 Å². The van der Waals surface area contributed by atoms with E-state index in [0.717, 1.165) is 0 Å². The molecule has 22 heavy (non-hydrogen) atoms. The maximum atomic E-state index is 12.4. The molecule has 0 saturated carbocycles. The second kappa shape index (κ2) is 7.26. The molecular formula is C15H28NO5P. The van der Waals surface area contributed by atoms with E-state index < -0.39 is 25.1 Å². The van der Waals surface area contributed by atoms with Gasteiger partial charge in [0.05, 0.1) is 6.61 Å². The van der Waals surface area contributed by atoms with Crippen LogP contribution in [0.5, 0.6) is 0 Å². The van der Waals surface area contributed by atoms with E-state index in [9.17, 15) is 14.6 Å². The molecule has 1 rings (SSSR count). The summed E-state index contributed by atoms with van der Waals surface area (Å²) < 4.78 is 22.6. The van der Waals surface area contributed by atoms with Gasteiger partial charge in [-0.05, 0) is 47.5 Å². The molecule has 6 nitrogen and oxygen atoms in total. The van der Waals surface area contributed by atoms with Crippen LogP contribution in [0.1, 0.15) is 47.5 Å². The van der Waals surface area contributed by atoms with Crippen molar-refractivity contribution in [1.29, 1.82) is 0 Å². The highest BCUT2D eigenvalue weighted by Gasteiger charge is 2.46. The molecule has 128 valence electrons. The Hall–Kier alpha value is -0.680. The van der Waals surface area contributed by atoms with Crippen molar-refractivity contribution in [2.45, 2.75) is 64.2 Å². The first-order valence-electron chi connectivity index (χ1n) is 7.46. The Morgan fingerprint density at radius 1 is 1.27 bits per heavy atom. The minimum Gasteiger partial charge on any atom is -0.460 e. The molecule has 0 aromatic rings. The molecular weight excluding hydrogens is 305 g/mol. The molecule has 1 atom stereocenters. The number of carbonyl (C=O) groups is 1. The Labute approximate surface area is 133 Å². The lowest BCUT2D eigenvalue weighted by Crippen LogP contribution is -2.59. The first kappa shape index (κ1) is 19.4. The smallest absolute Gasteiger partial charge is 0.333 e. The van der Waals surface area contributed by atoms with E-state index in [1.165, 1.54) is 5.06 Å². The summed E-state index contributed by atoms with van der Waals surface area (Å²) in [6.45, 7) is 12.9. The van der Waals surface area contributed by atoms with E-state index >= 15 is 0 Å². The number of piperidine rings is 1. The molecule has 7 heteroatoms. The zero-order valence-electron chi connectivity index (χ0n) is 14.1. The van der Waals surface area contributed by atoms with Gasteiger partial charge in [-0.15, -0.1) is 0 Å². The van der Waals surface area contributed by atoms with Crippen LogP contribution >= 0.6 is 8.03 Å². The molecule has 0 bridgehead atoms. The van der Waals surface area contributed by atoms with E-state index in [-0.39, 0.29) is 18.9 Å². The maximum Gasteiger partial charge on any atom is 0.333 e. The van der Waals surface area contributed by atoms with Gasteiger partial charge in [0, 0.05) is 22.3 Å². The third-order valence-electron chi connectivity index (χ3n) is 3.88. The quantitative estimate of drug-likeness (QED) is 0.348. The van der Waals surface area contributed by atoms with Crippen molar-refractivity contribution in [3.63, 3.8) is 0 Å². The summed E-state index contributed by atoms with van der Waals surface area (Å²) >= 11 is 0. The average Bonchev–Trinajstić information content (AvgIpc) is 2.39. The fraction of sp³-hybridized carbons (Fsp3) is 0.800. The SMILES string of the molecule is C=C(C)C(=O)OCCO[PH](=O)C1CC(C)(C)N(O)C(C)(C)C1. The van der Waals surface area contributed by atoms with Crippen molar-refractivity contribution >= 4 is 14.0 Å². The minimum absolute atomic E-state index is 0.0632. The number of hydroxylamine groups is 2. The van der Waals surface area contributed by atoms with E-state index in [1.807, 2.05) is 27.7 Å². The highest BCUT2D eigenvalue weighted by atomic mass is 31.1. The van der Waals surface area contributed by atoms with Crippen molar-refractivity contribution in [3.05, 3.63) is 12.2 Å². The van der Waals surface area contributed by atoms with E-state index in [1.54, 1.807) is 6.92 Å². The van der Waals surface area contributed by atoms with Gasteiger partial charge in [-0.3, -0.25) is 4.57 Å². The lowest BCUT2D eigenvalue weighted by Gasteiger charge is -2.51. The van der Waals surface area contributed by atoms with Crippen LogP contribution < -0.4 is 0 Å². The molecule has 1 aliphatic heterocycles. The fourth-order valence-corrected chi connectivity index (χ4v) is 4.81. The van der Waals surface area contributed by atoms with Gasteiger partial charge in [0.2, 0.25) is 0 Å². The zero-order valence-corrected chi connectivity index (χ0v) is 15.1. The first-order valence-corrected chi connectivity index (χ1v) is 8.85. The third kappa shape index (κ3) is 4.92. The normalized spacial score (nSPS) is 23.0. The third-order valence-corrected chi connectivity index (χ3v) is 5.44. The minimum atomic E-state index is -2.27. The lowest BCUT2D eigenvalue weighted by molar-refractivity contribution is -0.241. The van der Waals surface area contributed by atoms with Crippen molar-refractivity contribution in [3.8, 4) is 0 Å². The summed E-state index contributed by atoms with van der Waals surface area (Å²) in [6.07, 6.45) is 1.19. The largest absolute Gasteiger partial charge is 0.460 e. The van der Waals surface area contributed by atoms with Crippen LogP contribution in [-0.2, 0) is 18.6 Å². The lowest BCUT2D eigenvalue weighted by atomic mass is 9.82. The standard InChI is InChI=1S/C15H28NO5P/c1-11(2)13(17)20-7-8-21-22(19)12-9-14(3,4)16(18)15(5,6)10-12/h12,18,22H,1,7-10H2,2-6H3. The zero-order chi connectivity index (χ0) is 17.1. The van der Waals surface area contributed by atoms with E-state index in [2.05, 4.69) is 6.58 Å². The molecule has 1 aliphatic rings. The Balaban J connectivity index is 2.49. The van der Waals surface area contributed by atoms with Crippen LogP contribution in [0.3, 0.4) is 0 Å². The van der Waals surface area contributed by atoms with Crippen LogP contribution in [0.4, 0.5) is 0 Å². The summed E-state index contributed by atoms with van der Waals surface area (Å²) in [5.41, 5.74) is -0.688. The summed E-state index contributed by atoms with van der Waals surface area (Å²) in [4.78, 5) is 11.2. The van der Waals surface area contributed by atoms with Crippen LogP contribution in [-0.4, -0.2) is 46.2 Å². The Morgan fingerprint density at radius 3 is 2.23 bits per heavy atom. The van der Waals surface area contributed by atoms with Crippen LogP contribution in [0.2, 0.25) is 0 Å². The van der Waals surface area contributed by atoms with Gasteiger partial charge in [0.25, 0.3) is 0 Å². The Bertz CT molecular complexity index is 443. The second-order valence-electron chi connectivity index (χ2n) is 7.13. The maximum absolute atomic E-state index is 12.4. The molecule has 1 heterocycles. The number of esters is 1. The van der Waals surface area contributed by atoms with E-state index in [4.69, 9.17) is 9.26 Å². The van der Waals surface area contributed by atoms with Gasteiger partial charge in [0.1, 0.15) is 6.61 Å². The number of carbonyl (C=O) groups excluding carboxylic acids is 1. The molecule has 0 spiro atoms. The predicted molar refractivity (Wildman–Crippen MR) is 85.5 cm³/mol. The molecule has 1 N–H and O–H groups in total. The summed E-state index contributed by atoms with van der Waals surface area (Å²) in [5.74, 6) is -0.473. The van der Waals surface area contributed by atoms with Gasteiger partial charge in [-0.25, -0.2) is 4.79 Å². The van der Waals surface area contributed by atoms with Crippen molar-refractivity contribution < 1.29 is 23.8 Å². The topological polar surface area (TPSA) is 76.1 Å². The van der Waals surface area contributed by atoms with Gasteiger partial charge in [0.15, 0.2) is 8.03 Å². The van der Waals surface area contributed by atoms with Gasteiger partial charge in [-0.2, -0.15) is 5.06 Å². The molecule has 0 aromatic heterocycles. The highest BCUT2D eigenvalue weighted by Crippen LogP contribution is 2.46. The summed E-state index contributed by atoms with van der Waals surface area (Å²) in [7, 11) is -2.27. The fourth-order valence-electron chi connectivity index (χ4n) is 2.95. The van der Waals surface area contributed by atoms with Crippen LogP contribution in [0.15, 0.2) is 12.2 Å². The monoisotopic (exact) mass is 333 g/mol. The molecule has 0 aromatic carbocycles. The van der Waals surface area contributed by atoms with Crippen LogP contribution in [0, 0.1) is 0 Å².